The maximum absolute atomic E-state index is 5.09. The molecule has 0 fully saturated rings. The summed E-state index contributed by atoms with van der Waals surface area (Å²) < 4.78 is 0. The molecule has 0 amide bonds. The highest BCUT2D eigenvalue weighted by Gasteiger charge is 2.06. The lowest BCUT2D eigenvalue weighted by atomic mass is 10.00. The van der Waals surface area contributed by atoms with Crippen molar-refractivity contribution in [1.82, 2.24) is 10.6 Å². The van der Waals surface area contributed by atoms with E-state index in [9.17, 15) is 0 Å². The van der Waals surface area contributed by atoms with Crippen molar-refractivity contribution in [1.29, 1.82) is 0 Å². The first kappa shape index (κ1) is 14.0. The summed E-state index contributed by atoms with van der Waals surface area (Å²) in [5.41, 5.74) is 2.65. The van der Waals surface area contributed by atoms with Crippen LogP contribution >= 0.6 is 12.2 Å². The molecular weight excluding hydrogens is 228 g/mol. The Balaban J connectivity index is 2.63. The average molecular weight is 250 g/mol. The summed E-state index contributed by atoms with van der Waals surface area (Å²) in [5.74, 6) is 0.702. The van der Waals surface area contributed by atoms with E-state index >= 15 is 0 Å². The van der Waals surface area contributed by atoms with Gasteiger partial charge in [0.05, 0.1) is 6.04 Å². The molecule has 1 rings (SSSR count). The average Bonchev–Trinajstić information content (AvgIpc) is 2.28. The number of nitrogens with one attached hydrogen (secondary N) is 2. The minimum absolute atomic E-state index is 0.239. The molecule has 0 saturated heterocycles. The maximum atomic E-state index is 5.09. The summed E-state index contributed by atoms with van der Waals surface area (Å²) in [6.07, 6.45) is 1.14. The van der Waals surface area contributed by atoms with Gasteiger partial charge in [0, 0.05) is 7.05 Å². The Labute approximate surface area is 110 Å². The van der Waals surface area contributed by atoms with E-state index in [1.807, 2.05) is 7.05 Å². The minimum atomic E-state index is 0.239. The van der Waals surface area contributed by atoms with Gasteiger partial charge in [-0.2, -0.15) is 0 Å². The third-order valence-corrected chi connectivity index (χ3v) is 3.02. The molecule has 0 radical (unpaired) electrons. The highest BCUT2D eigenvalue weighted by molar-refractivity contribution is 7.80. The van der Waals surface area contributed by atoms with Gasteiger partial charge in [0.25, 0.3) is 0 Å². The smallest absolute Gasteiger partial charge is 0.166 e. The van der Waals surface area contributed by atoms with Gasteiger partial charge in [-0.3, -0.25) is 0 Å². The van der Waals surface area contributed by atoms with Crippen LogP contribution in [0.3, 0.4) is 0 Å². The lowest BCUT2D eigenvalue weighted by Crippen LogP contribution is -2.34. The van der Waals surface area contributed by atoms with Crippen LogP contribution in [-0.4, -0.2) is 12.2 Å². The van der Waals surface area contributed by atoms with Gasteiger partial charge >= 0.3 is 0 Å². The highest BCUT2D eigenvalue weighted by atomic mass is 32.1. The maximum Gasteiger partial charge on any atom is 0.166 e. The Kier molecular flexibility index (Phi) is 5.42. The lowest BCUT2D eigenvalue weighted by molar-refractivity contribution is 0.646. The predicted molar refractivity (Wildman–Crippen MR) is 78.2 cm³/mol. The van der Waals surface area contributed by atoms with Crippen molar-refractivity contribution in [3.05, 3.63) is 35.4 Å². The van der Waals surface area contributed by atoms with Crippen LogP contribution < -0.4 is 10.6 Å². The first-order valence-corrected chi connectivity index (χ1v) is 6.50. The number of thiocarbonyl (C=S) groups is 1. The zero-order valence-electron chi connectivity index (χ0n) is 11.1. The van der Waals surface area contributed by atoms with E-state index in [2.05, 4.69) is 55.7 Å². The molecule has 0 aliphatic carbocycles. The minimum Gasteiger partial charge on any atom is -0.366 e. The quantitative estimate of drug-likeness (QED) is 0.803. The monoisotopic (exact) mass is 250 g/mol. The fraction of sp³-hybridized carbons (Fsp3) is 0.500. The normalized spacial score (nSPS) is 12.3. The molecule has 0 heterocycles. The molecule has 2 N–H and O–H groups in total. The van der Waals surface area contributed by atoms with E-state index in [1.165, 1.54) is 11.1 Å². The second-order valence-electron chi connectivity index (χ2n) is 4.78. The summed E-state index contributed by atoms with van der Waals surface area (Å²) in [6, 6.07) is 9.00. The van der Waals surface area contributed by atoms with E-state index in [0.29, 0.717) is 11.0 Å². The van der Waals surface area contributed by atoms with Crippen LogP contribution in [0.4, 0.5) is 0 Å². The Hall–Kier alpha value is -1.09. The van der Waals surface area contributed by atoms with Gasteiger partial charge in [-0.1, -0.05) is 38.1 Å². The van der Waals surface area contributed by atoms with Crippen LogP contribution in [0.25, 0.3) is 0 Å². The second kappa shape index (κ2) is 6.60. The summed E-state index contributed by atoms with van der Waals surface area (Å²) in [4.78, 5) is 0. The molecule has 0 spiro atoms. The summed E-state index contributed by atoms with van der Waals surface area (Å²) in [5, 5.41) is 6.83. The lowest BCUT2D eigenvalue weighted by Gasteiger charge is -2.16. The predicted octanol–water partition coefficient (Wildman–Crippen LogP) is 3.04. The molecule has 0 aromatic heterocycles. The Morgan fingerprint density at radius 3 is 2.24 bits per heavy atom. The standard InChI is InChI=1S/C14H22N2S/c1-10(2)9-12-5-7-13(8-6-12)11(3)16-14(17)15-4/h5-8,10-11H,9H2,1-4H3,(H2,15,16,17). The Morgan fingerprint density at radius 2 is 1.76 bits per heavy atom. The SMILES string of the molecule is CNC(=S)NC(C)c1ccc(CC(C)C)cc1. The zero-order valence-corrected chi connectivity index (χ0v) is 11.9. The van der Waals surface area contributed by atoms with Crippen LogP contribution in [0.5, 0.6) is 0 Å². The first-order chi connectivity index (χ1) is 8.02. The van der Waals surface area contributed by atoms with Gasteiger partial charge in [0.1, 0.15) is 0 Å². The van der Waals surface area contributed by atoms with Gasteiger partial charge in [-0.15, -0.1) is 0 Å². The van der Waals surface area contributed by atoms with Crippen molar-refractivity contribution >= 4 is 17.3 Å². The van der Waals surface area contributed by atoms with Crippen LogP contribution in [-0.2, 0) is 6.42 Å². The highest BCUT2D eigenvalue weighted by Crippen LogP contribution is 2.15. The summed E-state index contributed by atoms with van der Waals surface area (Å²) >= 11 is 5.09. The molecular formula is C14H22N2S. The molecule has 94 valence electrons. The van der Waals surface area contributed by atoms with Gasteiger partial charge in [-0.25, -0.2) is 0 Å². The van der Waals surface area contributed by atoms with Crippen molar-refractivity contribution in [3.8, 4) is 0 Å². The zero-order chi connectivity index (χ0) is 12.8. The fourth-order valence-corrected chi connectivity index (χ4v) is 1.94. The molecule has 0 aliphatic heterocycles. The van der Waals surface area contributed by atoms with Crippen molar-refractivity contribution < 1.29 is 0 Å². The molecule has 3 heteroatoms. The molecule has 0 aliphatic rings. The van der Waals surface area contributed by atoms with Crippen molar-refractivity contribution in [3.63, 3.8) is 0 Å². The summed E-state index contributed by atoms with van der Waals surface area (Å²) in [7, 11) is 1.83. The molecule has 1 atom stereocenters. The van der Waals surface area contributed by atoms with Gasteiger partial charge in [0.15, 0.2) is 5.11 Å². The molecule has 0 bridgehead atoms. The summed E-state index contributed by atoms with van der Waals surface area (Å²) in [6.45, 7) is 6.59. The number of rotatable bonds is 4. The fourth-order valence-electron chi connectivity index (χ4n) is 1.77. The Morgan fingerprint density at radius 1 is 1.18 bits per heavy atom. The molecule has 0 saturated carbocycles. The largest absolute Gasteiger partial charge is 0.366 e. The van der Waals surface area contributed by atoms with Crippen LogP contribution in [0.2, 0.25) is 0 Å². The van der Waals surface area contributed by atoms with E-state index < -0.39 is 0 Å². The third kappa shape index (κ3) is 4.73. The second-order valence-corrected chi connectivity index (χ2v) is 5.19. The van der Waals surface area contributed by atoms with Crippen molar-refractivity contribution in [2.75, 3.05) is 7.05 Å². The van der Waals surface area contributed by atoms with Crippen LogP contribution in [0.1, 0.15) is 37.9 Å². The molecule has 2 nitrogen and oxygen atoms in total. The number of hydrogen-bond acceptors (Lipinski definition) is 1. The van der Waals surface area contributed by atoms with Gasteiger partial charge < -0.3 is 10.6 Å². The van der Waals surface area contributed by atoms with Crippen molar-refractivity contribution in [2.24, 2.45) is 5.92 Å². The van der Waals surface area contributed by atoms with Crippen molar-refractivity contribution in [2.45, 2.75) is 33.2 Å². The van der Waals surface area contributed by atoms with Gasteiger partial charge in [-0.05, 0) is 42.6 Å². The Bertz CT molecular complexity index is 357. The van der Waals surface area contributed by atoms with E-state index in [0.717, 1.165) is 6.42 Å². The first-order valence-electron chi connectivity index (χ1n) is 6.10. The third-order valence-electron chi connectivity index (χ3n) is 2.70. The molecule has 1 aromatic rings. The topological polar surface area (TPSA) is 24.1 Å². The molecule has 17 heavy (non-hydrogen) atoms. The van der Waals surface area contributed by atoms with E-state index in [4.69, 9.17) is 12.2 Å². The van der Waals surface area contributed by atoms with Crippen LogP contribution in [0.15, 0.2) is 24.3 Å². The van der Waals surface area contributed by atoms with Gasteiger partial charge in [0.2, 0.25) is 0 Å². The van der Waals surface area contributed by atoms with E-state index in [-0.39, 0.29) is 6.04 Å². The van der Waals surface area contributed by atoms with E-state index in [1.54, 1.807) is 0 Å². The molecule has 1 unspecified atom stereocenters. The molecule has 1 aromatic carbocycles. The number of hydrogen-bond donors (Lipinski definition) is 2. The number of benzene rings is 1. The van der Waals surface area contributed by atoms with Crippen LogP contribution in [0, 0.1) is 5.92 Å².